The minimum absolute atomic E-state index is 0.0714. The maximum Gasteiger partial charge on any atom is 0.333 e. The van der Waals surface area contributed by atoms with Gasteiger partial charge in [0.05, 0.1) is 22.8 Å². The van der Waals surface area contributed by atoms with Gasteiger partial charge in [0, 0.05) is 15.4 Å². The van der Waals surface area contributed by atoms with Crippen LogP contribution in [-0.4, -0.2) is 28.0 Å². The number of nitrogens with zero attached hydrogens (tertiary/aromatic N) is 2. The van der Waals surface area contributed by atoms with Crippen LogP contribution in [0.25, 0.3) is 22.2 Å². The quantitative estimate of drug-likeness (QED) is 0.530. The summed E-state index contributed by atoms with van der Waals surface area (Å²) in [6.45, 7) is 0. The van der Waals surface area contributed by atoms with Crippen LogP contribution in [0.3, 0.4) is 0 Å². The van der Waals surface area contributed by atoms with Gasteiger partial charge in [-0.25, -0.2) is 14.8 Å². The molecule has 1 fully saturated rings. The molecule has 0 saturated heterocycles. The van der Waals surface area contributed by atoms with E-state index in [0.29, 0.717) is 16.8 Å². The molecule has 0 unspecified atom stereocenters. The summed E-state index contributed by atoms with van der Waals surface area (Å²) in [6.07, 6.45) is 4.86. The first kappa shape index (κ1) is 20.3. The SMILES string of the molecule is NC(=O)N(NC(=O)c1cc(-c2cccc(Br)c2)nc2ccccc12)C1CCCCC1. The summed E-state index contributed by atoms with van der Waals surface area (Å²) >= 11 is 3.48. The van der Waals surface area contributed by atoms with E-state index in [1.807, 2.05) is 48.5 Å². The van der Waals surface area contributed by atoms with Crippen LogP contribution >= 0.6 is 15.9 Å². The zero-order chi connectivity index (χ0) is 21.1. The second-order valence-corrected chi connectivity index (χ2v) is 8.44. The van der Waals surface area contributed by atoms with Crippen LogP contribution in [0.15, 0.2) is 59.1 Å². The third kappa shape index (κ3) is 4.31. The van der Waals surface area contributed by atoms with Crippen molar-refractivity contribution in [3.05, 3.63) is 64.6 Å². The molecule has 0 bridgehead atoms. The van der Waals surface area contributed by atoms with E-state index in [0.717, 1.165) is 47.5 Å². The lowest BCUT2D eigenvalue weighted by Crippen LogP contribution is -2.54. The third-order valence-corrected chi connectivity index (χ3v) is 5.97. The summed E-state index contributed by atoms with van der Waals surface area (Å²) in [5.41, 5.74) is 11.1. The number of hydrazine groups is 1. The van der Waals surface area contributed by atoms with E-state index in [1.54, 1.807) is 6.07 Å². The summed E-state index contributed by atoms with van der Waals surface area (Å²) in [5.74, 6) is -0.366. The highest BCUT2D eigenvalue weighted by molar-refractivity contribution is 9.10. The predicted octanol–water partition coefficient (Wildman–Crippen LogP) is 5.02. The Hall–Kier alpha value is -2.93. The molecule has 30 heavy (non-hydrogen) atoms. The average Bonchev–Trinajstić information content (AvgIpc) is 2.77. The molecule has 154 valence electrons. The fraction of sp³-hybridized carbons (Fsp3) is 0.261. The summed E-state index contributed by atoms with van der Waals surface area (Å²) in [6, 6.07) is 16.3. The number of pyridine rings is 1. The number of aromatic nitrogens is 1. The second-order valence-electron chi connectivity index (χ2n) is 7.52. The number of nitrogens with two attached hydrogens (primary N) is 1. The number of halogens is 1. The minimum atomic E-state index is -0.638. The largest absolute Gasteiger partial charge is 0.350 e. The Morgan fingerprint density at radius 1 is 1.03 bits per heavy atom. The molecule has 7 heteroatoms. The van der Waals surface area contributed by atoms with E-state index < -0.39 is 6.03 Å². The Kier molecular flexibility index (Phi) is 5.99. The third-order valence-electron chi connectivity index (χ3n) is 5.48. The van der Waals surface area contributed by atoms with Gasteiger partial charge in [0.1, 0.15) is 0 Å². The summed E-state index contributed by atoms with van der Waals surface area (Å²) in [4.78, 5) is 30.1. The van der Waals surface area contributed by atoms with Crippen LogP contribution in [-0.2, 0) is 0 Å². The lowest BCUT2D eigenvalue weighted by Gasteiger charge is -2.33. The van der Waals surface area contributed by atoms with Crippen molar-refractivity contribution in [3.8, 4) is 11.3 Å². The van der Waals surface area contributed by atoms with Gasteiger partial charge in [-0.05, 0) is 37.1 Å². The van der Waals surface area contributed by atoms with E-state index in [2.05, 4.69) is 21.4 Å². The van der Waals surface area contributed by atoms with Crippen LogP contribution in [0.4, 0.5) is 4.79 Å². The number of primary amides is 1. The van der Waals surface area contributed by atoms with Gasteiger partial charge in [-0.15, -0.1) is 0 Å². The number of carbonyl (C=O) groups excluding carboxylic acids is 2. The van der Waals surface area contributed by atoms with E-state index in [9.17, 15) is 9.59 Å². The van der Waals surface area contributed by atoms with Gasteiger partial charge >= 0.3 is 6.03 Å². The normalized spacial score (nSPS) is 14.4. The maximum absolute atomic E-state index is 13.3. The van der Waals surface area contributed by atoms with Gasteiger partial charge < -0.3 is 5.73 Å². The van der Waals surface area contributed by atoms with E-state index in [4.69, 9.17) is 10.7 Å². The molecule has 0 aliphatic heterocycles. The van der Waals surface area contributed by atoms with Crippen molar-refractivity contribution in [2.75, 3.05) is 0 Å². The molecule has 3 N–H and O–H groups in total. The zero-order valence-electron chi connectivity index (χ0n) is 16.5. The standard InChI is InChI=1S/C23H23BrN4O2/c24-16-8-6-7-15(13-16)21-14-19(18-11-4-5-12-20(18)26-21)22(29)27-28(23(25)30)17-9-2-1-3-10-17/h4-8,11-14,17H,1-3,9-10H2,(H2,25,30)(H,27,29). The molecule has 1 aliphatic rings. The minimum Gasteiger partial charge on any atom is -0.350 e. The van der Waals surface area contributed by atoms with Gasteiger partial charge in [-0.2, -0.15) is 0 Å². The van der Waals surface area contributed by atoms with Crippen molar-refractivity contribution in [1.82, 2.24) is 15.4 Å². The molecule has 1 heterocycles. The number of benzene rings is 2. The van der Waals surface area contributed by atoms with Gasteiger partial charge in [-0.3, -0.25) is 10.2 Å². The smallest absolute Gasteiger partial charge is 0.333 e. The molecule has 4 rings (SSSR count). The Labute approximate surface area is 183 Å². The second kappa shape index (κ2) is 8.83. The molecule has 1 aliphatic carbocycles. The topological polar surface area (TPSA) is 88.3 Å². The highest BCUT2D eigenvalue weighted by atomic mass is 79.9. The van der Waals surface area contributed by atoms with Gasteiger partial charge in [0.15, 0.2) is 0 Å². The first-order chi connectivity index (χ1) is 14.5. The molecule has 0 radical (unpaired) electrons. The van der Waals surface area contributed by atoms with Crippen molar-refractivity contribution in [3.63, 3.8) is 0 Å². The lowest BCUT2D eigenvalue weighted by atomic mass is 9.95. The summed E-state index contributed by atoms with van der Waals surface area (Å²) in [5, 5.41) is 2.02. The number of fused-ring (bicyclic) bond motifs is 1. The van der Waals surface area contributed by atoms with Crippen molar-refractivity contribution in [2.24, 2.45) is 5.73 Å². The summed E-state index contributed by atoms with van der Waals surface area (Å²) < 4.78 is 0.929. The van der Waals surface area contributed by atoms with Gasteiger partial charge in [-0.1, -0.05) is 65.5 Å². The van der Waals surface area contributed by atoms with Crippen LogP contribution in [0.1, 0.15) is 42.5 Å². The van der Waals surface area contributed by atoms with Crippen LogP contribution in [0.2, 0.25) is 0 Å². The van der Waals surface area contributed by atoms with Gasteiger partial charge in [0.2, 0.25) is 0 Å². The zero-order valence-corrected chi connectivity index (χ0v) is 18.1. The maximum atomic E-state index is 13.3. The Balaban J connectivity index is 1.73. The molecular weight excluding hydrogens is 444 g/mol. The Morgan fingerprint density at radius 2 is 1.80 bits per heavy atom. The summed E-state index contributed by atoms with van der Waals surface area (Å²) in [7, 11) is 0. The van der Waals surface area contributed by atoms with Gasteiger partial charge in [0.25, 0.3) is 5.91 Å². The molecule has 1 aromatic heterocycles. The highest BCUT2D eigenvalue weighted by Crippen LogP contribution is 2.27. The Bertz CT molecular complexity index is 1100. The fourth-order valence-corrected chi connectivity index (χ4v) is 4.39. The Morgan fingerprint density at radius 3 is 2.53 bits per heavy atom. The number of hydrogen-bond acceptors (Lipinski definition) is 3. The number of urea groups is 1. The van der Waals surface area contributed by atoms with Crippen LogP contribution < -0.4 is 11.2 Å². The first-order valence-electron chi connectivity index (χ1n) is 10.1. The number of carbonyl (C=O) groups is 2. The highest BCUT2D eigenvalue weighted by Gasteiger charge is 2.26. The van der Waals surface area contributed by atoms with E-state index in [1.165, 1.54) is 5.01 Å². The van der Waals surface area contributed by atoms with E-state index >= 15 is 0 Å². The van der Waals surface area contributed by atoms with Crippen molar-refractivity contribution in [2.45, 2.75) is 38.1 Å². The molecule has 0 atom stereocenters. The molecule has 3 amide bonds. The molecule has 2 aromatic carbocycles. The molecule has 3 aromatic rings. The van der Waals surface area contributed by atoms with Crippen molar-refractivity contribution in [1.29, 1.82) is 0 Å². The average molecular weight is 467 g/mol. The number of hydrogen-bond donors (Lipinski definition) is 2. The number of amides is 3. The first-order valence-corrected chi connectivity index (χ1v) is 10.9. The fourth-order valence-electron chi connectivity index (χ4n) is 3.99. The number of para-hydroxylation sites is 1. The van der Waals surface area contributed by atoms with Crippen LogP contribution in [0, 0.1) is 0 Å². The van der Waals surface area contributed by atoms with Crippen molar-refractivity contribution < 1.29 is 9.59 Å². The predicted molar refractivity (Wildman–Crippen MR) is 121 cm³/mol. The number of nitrogens with one attached hydrogen (secondary N) is 1. The molecule has 1 saturated carbocycles. The molecule has 0 spiro atoms. The van der Waals surface area contributed by atoms with Crippen molar-refractivity contribution >= 4 is 38.8 Å². The van der Waals surface area contributed by atoms with E-state index in [-0.39, 0.29) is 11.9 Å². The van der Waals surface area contributed by atoms with Crippen LogP contribution in [0.5, 0.6) is 0 Å². The molecule has 6 nitrogen and oxygen atoms in total. The monoisotopic (exact) mass is 466 g/mol. The number of rotatable bonds is 3. The lowest BCUT2D eigenvalue weighted by molar-refractivity contribution is 0.0733. The molecular formula is C23H23BrN4O2.